The van der Waals surface area contributed by atoms with Crippen LogP contribution in [0.5, 0.6) is 17.2 Å². The van der Waals surface area contributed by atoms with Gasteiger partial charge >= 0.3 is 0 Å². The molecule has 0 fully saturated rings. The molecule has 23 heavy (non-hydrogen) atoms. The second kappa shape index (κ2) is 7.84. The molecule has 0 bridgehead atoms. The zero-order chi connectivity index (χ0) is 16.7. The van der Waals surface area contributed by atoms with Crippen LogP contribution in [0.4, 0.5) is 0 Å². The highest BCUT2D eigenvalue weighted by atomic mass is 16.5. The topological polar surface area (TPSA) is 80.2 Å². The number of carbonyl (C=O) groups is 1. The third-order valence-electron chi connectivity index (χ3n) is 3.00. The summed E-state index contributed by atoms with van der Waals surface area (Å²) in [7, 11) is 1.46. The van der Waals surface area contributed by atoms with Crippen molar-refractivity contribution < 1.29 is 19.4 Å². The lowest BCUT2D eigenvalue weighted by molar-refractivity contribution is -0.123. The third-order valence-corrected chi connectivity index (χ3v) is 3.00. The summed E-state index contributed by atoms with van der Waals surface area (Å²) in [4.78, 5) is 11.6. The number of amides is 1. The van der Waals surface area contributed by atoms with Gasteiger partial charge in [0, 0.05) is 0 Å². The van der Waals surface area contributed by atoms with Crippen LogP contribution >= 0.6 is 0 Å². The molecule has 0 aromatic heterocycles. The number of rotatable bonds is 6. The Morgan fingerprint density at radius 1 is 1.26 bits per heavy atom. The zero-order valence-corrected chi connectivity index (χ0v) is 12.9. The first-order chi connectivity index (χ1) is 11.1. The zero-order valence-electron chi connectivity index (χ0n) is 12.9. The fourth-order valence-corrected chi connectivity index (χ4v) is 1.77. The lowest BCUT2D eigenvalue weighted by Crippen LogP contribution is -2.24. The van der Waals surface area contributed by atoms with E-state index in [1.807, 2.05) is 19.1 Å². The van der Waals surface area contributed by atoms with Crippen molar-refractivity contribution in [3.63, 3.8) is 0 Å². The summed E-state index contributed by atoms with van der Waals surface area (Å²) in [5.41, 5.74) is 4.17. The largest absolute Gasteiger partial charge is 0.504 e. The van der Waals surface area contributed by atoms with Crippen molar-refractivity contribution in [1.29, 1.82) is 0 Å². The predicted octanol–water partition coefficient (Wildman–Crippen LogP) is 2.24. The quantitative estimate of drug-likeness (QED) is 0.633. The van der Waals surface area contributed by atoms with Crippen LogP contribution in [0.25, 0.3) is 0 Å². The summed E-state index contributed by atoms with van der Waals surface area (Å²) < 4.78 is 10.3. The standard InChI is InChI=1S/C17H18N2O4/c1-12-3-6-14(7-4-12)23-11-17(21)19-18-10-13-5-8-15(20)16(9-13)22-2/h3-10,20H,11H2,1-2H3,(H,19,21). The van der Waals surface area contributed by atoms with Gasteiger partial charge in [-0.1, -0.05) is 17.7 Å². The minimum Gasteiger partial charge on any atom is -0.504 e. The molecule has 0 radical (unpaired) electrons. The first-order valence-electron chi connectivity index (χ1n) is 6.97. The molecular weight excluding hydrogens is 296 g/mol. The maximum absolute atomic E-state index is 11.6. The van der Waals surface area contributed by atoms with Crippen LogP contribution in [0.3, 0.4) is 0 Å². The highest BCUT2D eigenvalue weighted by Crippen LogP contribution is 2.25. The lowest BCUT2D eigenvalue weighted by atomic mass is 10.2. The first kappa shape index (κ1) is 16.4. The van der Waals surface area contributed by atoms with Gasteiger partial charge in [0.2, 0.25) is 0 Å². The van der Waals surface area contributed by atoms with Gasteiger partial charge in [0.05, 0.1) is 13.3 Å². The number of hydrogen-bond donors (Lipinski definition) is 2. The summed E-state index contributed by atoms with van der Waals surface area (Å²) in [5, 5.41) is 13.3. The second-order valence-electron chi connectivity index (χ2n) is 4.83. The Labute approximate surface area is 134 Å². The Balaban J connectivity index is 1.82. The molecular formula is C17H18N2O4. The van der Waals surface area contributed by atoms with E-state index in [2.05, 4.69) is 10.5 Å². The van der Waals surface area contributed by atoms with Crippen LogP contribution in [-0.2, 0) is 4.79 Å². The van der Waals surface area contributed by atoms with Crippen LogP contribution in [0.15, 0.2) is 47.6 Å². The van der Waals surface area contributed by atoms with E-state index in [1.54, 1.807) is 24.3 Å². The number of carbonyl (C=O) groups excluding carboxylic acids is 1. The minimum absolute atomic E-state index is 0.0418. The van der Waals surface area contributed by atoms with E-state index in [0.717, 1.165) is 5.56 Å². The van der Waals surface area contributed by atoms with Gasteiger partial charge in [-0.2, -0.15) is 5.10 Å². The molecule has 6 nitrogen and oxygen atoms in total. The number of phenolic OH excluding ortho intramolecular Hbond substituents is 1. The normalized spacial score (nSPS) is 10.5. The van der Waals surface area contributed by atoms with Gasteiger partial charge in [0.25, 0.3) is 5.91 Å². The fourth-order valence-electron chi connectivity index (χ4n) is 1.77. The third kappa shape index (κ3) is 5.03. The molecule has 0 aliphatic heterocycles. The number of methoxy groups -OCH3 is 1. The Hall–Kier alpha value is -3.02. The summed E-state index contributed by atoms with van der Waals surface area (Å²) in [6.45, 7) is 1.85. The number of aromatic hydroxyl groups is 1. The van der Waals surface area contributed by atoms with Gasteiger partial charge in [-0.05, 0) is 42.8 Å². The molecule has 0 aliphatic carbocycles. The maximum Gasteiger partial charge on any atom is 0.277 e. The van der Waals surface area contributed by atoms with Crippen molar-refractivity contribution in [3.8, 4) is 17.2 Å². The Morgan fingerprint density at radius 3 is 2.70 bits per heavy atom. The molecule has 2 aromatic carbocycles. The molecule has 0 atom stereocenters. The Morgan fingerprint density at radius 2 is 2.00 bits per heavy atom. The highest BCUT2D eigenvalue weighted by molar-refractivity contribution is 5.83. The van der Waals surface area contributed by atoms with E-state index in [0.29, 0.717) is 17.1 Å². The van der Waals surface area contributed by atoms with Crippen molar-refractivity contribution in [1.82, 2.24) is 5.43 Å². The predicted molar refractivity (Wildman–Crippen MR) is 87.1 cm³/mol. The van der Waals surface area contributed by atoms with E-state index in [-0.39, 0.29) is 18.3 Å². The van der Waals surface area contributed by atoms with Crippen molar-refractivity contribution >= 4 is 12.1 Å². The smallest absolute Gasteiger partial charge is 0.277 e. The van der Waals surface area contributed by atoms with E-state index >= 15 is 0 Å². The number of hydrazone groups is 1. The van der Waals surface area contributed by atoms with Crippen LogP contribution in [0.1, 0.15) is 11.1 Å². The molecule has 0 saturated heterocycles. The van der Waals surface area contributed by atoms with Gasteiger partial charge in [-0.3, -0.25) is 4.79 Å². The Kier molecular flexibility index (Phi) is 5.57. The monoisotopic (exact) mass is 314 g/mol. The van der Waals surface area contributed by atoms with Crippen LogP contribution in [0.2, 0.25) is 0 Å². The van der Waals surface area contributed by atoms with Crippen LogP contribution < -0.4 is 14.9 Å². The number of phenols is 1. The summed E-state index contributed by atoms with van der Waals surface area (Å²) >= 11 is 0. The molecule has 1 amide bonds. The lowest BCUT2D eigenvalue weighted by Gasteiger charge is -2.05. The SMILES string of the molecule is COc1cc(C=NNC(=O)COc2ccc(C)cc2)ccc1O. The molecule has 0 spiro atoms. The highest BCUT2D eigenvalue weighted by Gasteiger charge is 2.02. The van der Waals surface area contributed by atoms with Crippen molar-refractivity contribution in [3.05, 3.63) is 53.6 Å². The van der Waals surface area contributed by atoms with Crippen LogP contribution in [0, 0.1) is 6.92 Å². The second-order valence-corrected chi connectivity index (χ2v) is 4.83. The molecule has 0 aliphatic rings. The van der Waals surface area contributed by atoms with Gasteiger partial charge in [-0.15, -0.1) is 0 Å². The van der Waals surface area contributed by atoms with Gasteiger partial charge in [-0.25, -0.2) is 5.43 Å². The van der Waals surface area contributed by atoms with E-state index in [4.69, 9.17) is 9.47 Å². The summed E-state index contributed by atoms with van der Waals surface area (Å²) in [6.07, 6.45) is 1.45. The van der Waals surface area contributed by atoms with E-state index in [1.165, 1.54) is 19.4 Å². The number of benzene rings is 2. The number of nitrogens with zero attached hydrogens (tertiary/aromatic N) is 1. The van der Waals surface area contributed by atoms with Crippen molar-refractivity contribution in [2.45, 2.75) is 6.92 Å². The molecule has 0 unspecified atom stereocenters. The summed E-state index contributed by atoms with van der Waals surface area (Å²) in [6, 6.07) is 12.2. The number of nitrogens with one attached hydrogen (secondary N) is 1. The van der Waals surface area contributed by atoms with Crippen LogP contribution in [-0.4, -0.2) is 30.9 Å². The van der Waals surface area contributed by atoms with Gasteiger partial charge in [0.15, 0.2) is 18.1 Å². The van der Waals surface area contributed by atoms with Gasteiger partial charge in [0.1, 0.15) is 5.75 Å². The molecule has 2 aromatic rings. The Bertz CT molecular complexity index is 696. The fraction of sp³-hybridized carbons (Fsp3) is 0.176. The summed E-state index contributed by atoms with van der Waals surface area (Å²) in [5.74, 6) is 0.633. The van der Waals surface area contributed by atoms with Crippen molar-refractivity contribution in [2.24, 2.45) is 5.10 Å². The molecule has 2 N–H and O–H groups in total. The first-order valence-corrected chi connectivity index (χ1v) is 6.97. The molecule has 2 rings (SSSR count). The molecule has 0 saturated carbocycles. The van der Waals surface area contributed by atoms with E-state index in [9.17, 15) is 9.90 Å². The molecule has 0 heterocycles. The van der Waals surface area contributed by atoms with E-state index < -0.39 is 0 Å². The minimum atomic E-state index is -0.368. The average molecular weight is 314 g/mol. The maximum atomic E-state index is 11.6. The molecule has 120 valence electrons. The average Bonchev–Trinajstić information content (AvgIpc) is 2.56. The number of hydrogen-bond acceptors (Lipinski definition) is 5. The number of aryl methyl sites for hydroxylation is 1. The molecule has 6 heteroatoms. The van der Waals surface area contributed by atoms with Gasteiger partial charge < -0.3 is 14.6 Å². The number of ether oxygens (including phenoxy) is 2. The van der Waals surface area contributed by atoms with Crippen molar-refractivity contribution in [2.75, 3.05) is 13.7 Å².